The number of amides is 1. The normalized spacial score (nSPS) is 17.8. The quantitative estimate of drug-likeness (QED) is 0.756. The third-order valence-electron chi connectivity index (χ3n) is 4.43. The van der Waals surface area contributed by atoms with Gasteiger partial charge in [0.25, 0.3) is 0 Å². The summed E-state index contributed by atoms with van der Waals surface area (Å²) >= 11 is 0. The minimum Gasteiger partial charge on any atom is -0.508 e. The molecule has 0 aromatic heterocycles. The Bertz CT molecular complexity index is 482. The van der Waals surface area contributed by atoms with Gasteiger partial charge in [-0.15, -0.1) is 0 Å². The molecular formula is C18H28N2O3. The fourth-order valence-corrected chi connectivity index (χ4v) is 2.75. The molecule has 1 aromatic carbocycles. The van der Waals surface area contributed by atoms with Crippen LogP contribution in [-0.2, 0) is 9.53 Å². The monoisotopic (exact) mass is 320 g/mol. The third-order valence-corrected chi connectivity index (χ3v) is 4.43. The molecule has 0 aliphatic carbocycles. The molecule has 0 spiro atoms. The molecule has 128 valence electrons. The van der Waals surface area contributed by atoms with Gasteiger partial charge in [-0.25, -0.2) is 0 Å². The highest BCUT2D eigenvalue weighted by Gasteiger charge is 2.17. The molecule has 1 saturated heterocycles. The Morgan fingerprint density at radius 2 is 2.00 bits per heavy atom. The maximum Gasteiger partial charge on any atom is 0.227 e. The summed E-state index contributed by atoms with van der Waals surface area (Å²) in [4.78, 5) is 14.4. The second-order valence-electron chi connectivity index (χ2n) is 6.33. The number of nitrogens with zero attached hydrogens (tertiary/aromatic N) is 1. The lowest BCUT2D eigenvalue weighted by atomic mass is 10.0. The van der Waals surface area contributed by atoms with Crippen molar-refractivity contribution in [1.82, 2.24) is 10.2 Å². The maximum absolute atomic E-state index is 12.1. The van der Waals surface area contributed by atoms with E-state index in [-0.39, 0.29) is 17.6 Å². The van der Waals surface area contributed by atoms with E-state index in [0.717, 1.165) is 37.9 Å². The Morgan fingerprint density at radius 1 is 1.35 bits per heavy atom. The molecule has 1 aliphatic heterocycles. The fourth-order valence-electron chi connectivity index (χ4n) is 2.75. The number of benzene rings is 1. The number of piperidine rings is 1. The van der Waals surface area contributed by atoms with E-state index in [9.17, 15) is 9.90 Å². The lowest BCUT2D eigenvalue weighted by Gasteiger charge is -2.28. The number of likely N-dealkylation sites (tertiary alicyclic amines) is 1. The highest BCUT2D eigenvalue weighted by molar-refractivity contribution is 5.83. The first kappa shape index (κ1) is 17.8. The maximum atomic E-state index is 12.1. The summed E-state index contributed by atoms with van der Waals surface area (Å²) in [5.41, 5.74) is 0.905. The average Bonchev–Trinajstić information content (AvgIpc) is 2.56. The molecule has 1 amide bonds. The van der Waals surface area contributed by atoms with Crippen molar-refractivity contribution >= 4 is 5.91 Å². The van der Waals surface area contributed by atoms with Crippen LogP contribution in [-0.4, -0.2) is 55.3 Å². The van der Waals surface area contributed by atoms with E-state index >= 15 is 0 Å². The summed E-state index contributed by atoms with van der Waals surface area (Å²) in [6, 6.07) is 6.77. The topological polar surface area (TPSA) is 61.8 Å². The Kier molecular flexibility index (Phi) is 6.86. The van der Waals surface area contributed by atoms with Crippen molar-refractivity contribution in [3.05, 3.63) is 29.8 Å². The number of aromatic hydroxyl groups is 1. The van der Waals surface area contributed by atoms with Gasteiger partial charge in [0.05, 0.1) is 12.0 Å². The highest BCUT2D eigenvalue weighted by Crippen LogP contribution is 2.18. The molecule has 0 unspecified atom stereocenters. The SMILES string of the molecule is C[C@H](C(=O)NCCCOC1CCN(C)CC1)c1ccc(O)cc1. The van der Waals surface area contributed by atoms with E-state index in [0.29, 0.717) is 19.3 Å². The molecule has 1 aliphatic rings. The Morgan fingerprint density at radius 3 is 2.65 bits per heavy atom. The molecule has 2 rings (SSSR count). The molecule has 5 nitrogen and oxygen atoms in total. The predicted octanol–water partition coefficient (Wildman–Crippen LogP) is 2.11. The standard InChI is InChI=1S/C18H28N2O3/c1-14(15-4-6-16(21)7-5-15)18(22)19-10-3-13-23-17-8-11-20(2)12-9-17/h4-7,14,17,21H,3,8-13H2,1-2H3,(H,19,22)/t14-/m0/s1. The first-order chi connectivity index (χ1) is 11.1. The summed E-state index contributed by atoms with van der Waals surface area (Å²) in [5.74, 6) is 0.00722. The van der Waals surface area contributed by atoms with Gasteiger partial charge in [-0.3, -0.25) is 4.79 Å². The Balaban J connectivity index is 1.60. The average molecular weight is 320 g/mol. The molecular weight excluding hydrogens is 292 g/mol. The largest absolute Gasteiger partial charge is 0.508 e. The number of rotatable bonds is 7. The van der Waals surface area contributed by atoms with Crippen LogP contribution in [0.3, 0.4) is 0 Å². The number of hydrogen-bond donors (Lipinski definition) is 2. The van der Waals surface area contributed by atoms with Crippen molar-refractivity contribution in [1.29, 1.82) is 0 Å². The number of phenolic OH excluding ortho intramolecular Hbond substituents is 1. The van der Waals surface area contributed by atoms with Crippen molar-refractivity contribution < 1.29 is 14.6 Å². The van der Waals surface area contributed by atoms with Gasteiger partial charge in [0, 0.05) is 26.2 Å². The van der Waals surface area contributed by atoms with E-state index in [2.05, 4.69) is 17.3 Å². The number of ether oxygens (including phenoxy) is 1. The molecule has 1 aromatic rings. The minimum absolute atomic E-state index is 0.00924. The number of carbonyl (C=O) groups is 1. The summed E-state index contributed by atoms with van der Waals surface area (Å²) in [5, 5.41) is 12.2. The lowest BCUT2D eigenvalue weighted by Crippen LogP contribution is -2.35. The van der Waals surface area contributed by atoms with Crippen LogP contribution in [0.4, 0.5) is 0 Å². The highest BCUT2D eigenvalue weighted by atomic mass is 16.5. The lowest BCUT2D eigenvalue weighted by molar-refractivity contribution is -0.122. The Hall–Kier alpha value is -1.59. The van der Waals surface area contributed by atoms with E-state index in [1.54, 1.807) is 24.3 Å². The van der Waals surface area contributed by atoms with Gasteiger partial charge in [-0.05, 0) is 50.9 Å². The second kappa shape index (κ2) is 8.89. The van der Waals surface area contributed by atoms with Gasteiger partial charge < -0.3 is 20.1 Å². The van der Waals surface area contributed by atoms with Crippen LogP contribution in [0.5, 0.6) is 5.75 Å². The van der Waals surface area contributed by atoms with Crippen molar-refractivity contribution in [3.8, 4) is 5.75 Å². The molecule has 1 fully saturated rings. The molecule has 2 N–H and O–H groups in total. The van der Waals surface area contributed by atoms with Crippen LogP contribution >= 0.6 is 0 Å². The zero-order valence-corrected chi connectivity index (χ0v) is 14.1. The van der Waals surface area contributed by atoms with E-state index in [4.69, 9.17) is 4.74 Å². The van der Waals surface area contributed by atoms with Crippen LogP contribution < -0.4 is 5.32 Å². The summed E-state index contributed by atoms with van der Waals surface area (Å²) in [6.07, 6.45) is 3.40. The van der Waals surface area contributed by atoms with Crippen LogP contribution in [0.25, 0.3) is 0 Å². The first-order valence-corrected chi connectivity index (χ1v) is 8.43. The van der Waals surface area contributed by atoms with Crippen LogP contribution in [0.1, 0.15) is 37.7 Å². The molecule has 0 bridgehead atoms. The van der Waals surface area contributed by atoms with Gasteiger partial charge in [-0.1, -0.05) is 12.1 Å². The first-order valence-electron chi connectivity index (χ1n) is 8.43. The number of nitrogens with one attached hydrogen (secondary N) is 1. The summed E-state index contributed by atoms with van der Waals surface area (Å²) < 4.78 is 5.87. The van der Waals surface area contributed by atoms with Gasteiger partial charge >= 0.3 is 0 Å². The minimum atomic E-state index is -0.217. The second-order valence-corrected chi connectivity index (χ2v) is 6.33. The molecule has 23 heavy (non-hydrogen) atoms. The van der Waals surface area contributed by atoms with Crippen molar-refractivity contribution in [2.45, 2.75) is 38.2 Å². The molecule has 1 heterocycles. The van der Waals surface area contributed by atoms with Crippen LogP contribution in [0.15, 0.2) is 24.3 Å². The molecule has 0 radical (unpaired) electrons. The van der Waals surface area contributed by atoms with Gasteiger partial charge in [0.15, 0.2) is 0 Å². The zero-order chi connectivity index (χ0) is 16.7. The van der Waals surface area contributed by atoms with Crippen LogP contribution in [0, 0.1) is 0 Å². The van der Waals surface area contributed by atoms with Gasteiger partial charge in [0.1, 0.15) is 5.75 Å². The number of carbonyl (C=O) groups excluding carboxylic acids is 1. The molecule has 1 atom stereocenters. The molecule has 0 saturated carbocycles. The van der Waals surface area contributed by atoms with E-state index in [1.165, 1.54) is 0 Å². The van der Waals surface area contributed by atoms with Crippen molar-refractivity contribution in [3.63, 3.8) is 0 Å². The van der Waals surface area contributed by atoms with Crippen LogP contribution in [0.2, 0.25) is 0 Å². The van der Waals surface area contributed by atoms with Crippen molar-refractivity contribution in [2.75, 3.05) is 33.3 Å². The number of phenols is 1. The van der Waals surface area contributed by atoms with Gasteiger partial charge in [0.2, 0.25) is 5.91 Å². The van der Waals surface area contributed by atoms with Crippen molar-refractivity contribution in [2.24, 2.45) is 0 Å². The Labute approximate surface area is 138 Å². The number of hydrogen-bond acceptors (Lipinski definition) is 4. The third kappa shape index (κ3) is 5.84. The van der Waals surface area contributed by atoms with Gasteiger partial charge in [-0.2, -0.15) is 0 Å². The molecule has 5 heteroatoms. The fraction of sp³-hybridized carbons (Fsp3) is 0.611. The smallest absolute Gasteiger partial charge is 0.227 e. The van der Waals surface area contributed by atoms with E-state index < -0.39 is 0 Å². The summed E-state index contributed by atoms with van der Waals surface area (Å²) in [7, 11) is 2.14. The van der Waals surface area contributed by atoms with E-state index in [1.807, 2.05) is 6.92 Å². The zero-order valence-electron chi connectivity index (χ0n) is 14.1. The predicted molar refractivity (Wildman–Crippen MR) is 90.6 cm³/mol. The summed E-state index contributed by atoms with van der Waals surface area (Å²) in [6.45, 7) is 5.41.